The van der Waals surface area contributed by atoms with Crippen molar-refractivity contribution in [1.82, 2.24) is 9.55 Å². The maximum atomic E-state index is 5.58. The van der Waals surface area contributed by atoms with Gasteiger partial charge in [0.2, 0.25) is 0 Å². The van der Waals surface area contributed by atoms with Crippen LogP contribution in [0.15, 0.2) is 24.7 Å². The number of aryl methyl sites for hydroxylation is 1. The van der Waals surface area contributed by atoms with E-state index in [4.69, 9.17) is 4.74 Å². The number of aromatic nitrogens is 2. The molecule has 0 aliphatic rings. The lowest BCUT2D eigenvalue weighted by Gasteiger charge is -2.05. The fourth-order valence-electron chi connectivity index (χ4n) is 1.91. The van der Waals surface area contributed by atoms with Gasteiger partial charge in [0.05, 0.1) is 5.52 Å². The van der Waals surface area contributed by atoms with E-state index < -0.39 is 0 Å². The smallest absolute Gasteiger partial charge is 0.122 e. The van der Waals surface area contributed by atoms with Crippen LogP contribution < -0.4 is 0 Å². The summed E-state index contributed by atoms with van der Waals surface area (Å²) in [6.45, 7) is 5.73. The van der Waals surface area contributed by atoms with Crippen LogP contribution in [0.25, 0.3) is 10.9 Å². The van der Waals surface area contributed by atoms with Crippen LogP contribution in [0.3, 0.4) is 0 Å². The summed E-state index contributed by atoms with van der Waals surface area (Å²) in [6, 6.07) is 2.05. The molecule has 2 aromatic heterocycles. The lowest BCUT2D eigenvalue weighted by Crippen LogP contribution is -2.01. The topological polar surface area (TPSA) is 27.1 Å². The average Bonchev–Trinajstić information content (AvgIpc) is 2.68. The Bertz CT molecular complexity index is 462. The molecule has 0 aromatic carbocycles. The first-order valence-corrected chi connectivity index (χ1v) is 5.86. The summed E-state index contributed by atoms with van der Waals surface area (Å²) in [6.07, 6.45) is 8.02. The highest BCUT2D eigenvalue weighted by molar-refractivity contribution is 5.82. The van der Waals surface area contributed by atoms with Crippen molar-refractivity contribution in [2.75, 3.05) is 6.61 Å². The Morgan fingerprint density at radius 1 is 1.38 bits per heavy atom. The van der Waals surface area contributed by atoms with Gasteiger partial charge in [0, 0.05) is 30.6 Å². The second kappa shape index (κ2) is 5.12. The van der Waals surface area contributed by atoms with E-state index in [1.54, 1.807) is 0 Å². The molecule has 0 radical (unpaired) electrons. The predicted molar refractivity (Wildman–Crippen MR) is 65.4 cm³/mol. The molecular formula is C13H18N2O. The van der Waals surface area contributed by atoms with Crippen LogP contribution in [0, 0.1) is 0 Å². The number of pyridine rings is 1. The molecule has 86 valence electrons. The molecule has 0 amide bonds. The first kappa shape index (κ1) is 11.1. The molecule has 16 heavy (non-hydrogen) atoms. The molecule has 0 fully saturated rings. The third kappa shape index (κ3) is 2.09. The number of ether oxygens (including phenoxy) is 1. The maximum absolute atomic E-state index is 5.58. The van der Waals surface area contributed by atoms with Gasteiger partial charge in [-0.3, -0.25) is 4.98 Å². The predicted octanol–water partition coefficient (Wildman–Crippen LogP) is 2.98. The third-order valence-corrected chi connectivity index (χ3v) is 2.72. The second-order valence-corrected chi connectivity index (χ2v) is 3.91. The number of fused-ring (bicyclic) bond motifs is 1. The van der Waals surface area contributed by atoms with E-state index in [0.717, 1.165) is 19.4 Å². The van der Waals surface area contributed by atoms with Gasteiger partial charge in [-0.1, -0.05) is 13.8 Å². The van der Waals surface area contributed by atoms with Crippen molar-refractivity contribution in [1.29, 1.82) is 0 Å². The maximum Gasteiger partial charge on any atom is 0.122 e. The van der Waals surface area contributed by atoms with Crippen LogP contribution in [0.4, 0.5) is 0 Å². The molecule has 2 aromatic rings. The fraction of sp³-hybridized carbons (Fsp3) is 0.462. The second-order valence-electron chi connectivity index (χ2n) is 3.91. The van der Waals surface area contributed by atoms with Crippen molar-refractivity contribution in [2.24, 2.45) is 0 Å². The van der Waals surface area contributed by atoms with Crippen LogP contribution in [0.1, 0.15) is 25.8 Å². The Morgan fingerprint density at radius 3 is 3.00 bits per heavy atom. The van der Waals surface area contributed by atoms with Crippen molar-refractivity contribution in [3.05, 3.63) is 30.2 Å². The van der Waals surface area contributed by atoms with E-state index in [1.807, 2.05) is 18.5 Å². The average molecular weight is 218 g/mol. The van der Waals surface area contributed by atoms with Crippen LogP contribution in [0.2, 0.25) is 0 Å². The summed E-state index contributed by atoms with van der Waals surface area (Å²) < 4.78 is 7.74. The van der Waals surface area contributed by atoms with Crippen LogP contribution >= 0.6 is 0 Å². The monoisotopic (exact) mass is 218 g/mol. The highest BCUT2D eigenvalue weighted by Gasteiger charge is 2.06. The van der Waals surface area contributed by atoms with Crippen molar-refractivity contribution in [2.45, 2.75) is 33.4 Å². The molecule has 2 heterocycles. The van der Waals surface area contributed by atoms with E-state index in [-0.39, 0.29) is 0 Å². The van der Waals surface area contributed by atoms with Gasteiger partial charge >= 0.3 is 0 Å². The lowest BCUT2D eigenvalue weighted by molar-refractivity contribution is 0.0803. The molecule has 3 heteroatoms. The van der Waals surface area contributed by atoms with Crippen LogP contribution in [-0.4, -0.2) is 16.2 Å². The first-order chi connectivity index (χ1) is 7.86. The molecule has 0 saturated heterocycles. The summed E-state index contributed by atoms with van der Waals surface area (Å²) in [5.41, 5.74) is 2.55. The molecule has 0 unspecified atom stereocenters. The van der Waals surface area contributed by atoms with Crippen LogP contribution in [-0.2, 0) is 17.9 Å². The van der Waals surface area contributed by atoms with Gasteiger partial charge < -0.3 is 9.30 Å². The highest BCUT2D eigenvalue weighted by atomic mass is 16.5. The van der Waals surface area contributed by atoms with Gasteiger partial charge in [0.25, 0.3) is 0 Å². The number of hydrogen-bond donors (Lipinski definition) is 0. The van der Waals surface area contributed by atoms with Gasteiger partial charge in [0.1, 0.15) is 6.73 Å². The lowest BCUT2D eigenvalue weighted by atomic mass is 10.2. The van der Waals surface area contributed by atoms with Gasteiger partial charge in [-0.2, -0.15) is 0 Å². The standard InChI is InChI=1S/C13H18N2O/c1-3-7-16-10-15-9-11(4-2)12-8-14-6-5-13(12)15/h5-6,8-9H,3-4,7,10H2,1-2H3. The molecule has 0 aliphatic carbocycles. The number of nitrogens with zero attached hydrogens (tertiary/aromatic N) is 2. The minimum absolute atomic E-state index is 0.633. The van der Waals surface area contributed by atoms with Gasteiger partial charge in [-0.15, -0.1) is 0 Å². The zero-order valence-electron chi connectivity index (χ0n) is 9.94. The summed E-state index contributed by atoms with van der Waals surface area (Å²) in [5, 5.41) is 1.24. The SMILES string of the molecule is CCCOCn1cc(CC)c2cnccc21. The van der Waals surface area contributed by atoms with Crippen molar-refractivity contribution in [3.63, 3.8) is 0 Å². The fourth-order valence-corrected chi connectivity index (χ4v) is 1.91. The number of hydrogen-bond acceptors (Lipinski definition) is 2. The van der Waals surface area contributed by atoms with Gasteiger partial charge in [-0.25, -0.2) is 0 Å². The van der Waals surface area contributed by atoms with Crippen molar-refractivity contribution in [3.8, 4) is 0 Å². The minimum Gasteiger partial charge on any atom is -0.361 e. The Balaban J connectivity index is 2.30. The molecule has 0 N–H and O–H groups in total. The zero-order chi connectivity index (χ0) is 11.4. The zero-order valence-corrected chi connectivity index (χ0v) is 9.94. The molecule has 0 saturated carbocycles. The van der Waals surface area contributed by atoms with Crippen molar-refractivity contribution >= 4 is 10.9 Å². The summed E-state index contributed by atoms with van der Waals surface area (Å²) in [4.78, 5) is 4.18. The summed E-state index contributed by atoms with van der Waals surface area (Å²) in [5.74, 6) is 0. The van der Waals surface area contributed by atoms with E-state index in [1.165, 1.54) is 16.5 Å². The molecule has 0 bridgehead atoms. The molecule has 0 atom stereocenters. The quantitative estimate of drug-likeness (QED) is 0.721. The third-order valence-electron chi connectivity index (χ3n) is 2.72. The molecule has 0 spiro atoms. The molecule has 3 nitrogen and oxygen atoms in total. The van der Waals surface area contributed by atoms with E-state index in [0.29, 0.717) is 6.73 Å². The van der Waals surface area contributed by atoms with E-state index in [9.17, 15) is 0 Å². The minimum atomic E-state index is 0.633. The highest BCUT2D eigenvalue weighted by Crippen LogP contribution is 2.20. The van der Waals surface area contributed by atoms with Gasteiger partial charge in [-0.05, 0) is 24.5 Å². The number of rotatable bonds is 5. The Morgan fingerprint density at radius 2 is 2.25 bits per heavy atom. The Kier molecular flexibility index (Phi) is 3.57. The van der Waals surface area contributed by atoms with Crippen LogP contribution in [0.5, 0.6) is 0 Å². The first-order valence-electron chi connectivity index (χ1n) is 5.86. The molecule has 2 rings (SSSR count). The van der Waals surface area contributed by atoms with Crippen molar-refractivity contribution < 1.29 is 4.74 Å². The Labute approximate surface area is 96.1 Å². The summed E-state index contributed by atoms with van der Waals surface area (Å²) >= 11 is 0. The van der Waals surface area contributed by atoms with E-state index in [2.05, 4.69) is 29.6 Å². The van der Waals surface area contributed by atoms with E-state index >= 15 is 0 Å². The largest absolute Gasteiger partial charge is 0.361 e. The molecular weight excluding hydrogens is 200 g/mol. The normalized spacial score (nSPS) is 11.1. The Hall–Kier alpha value is -1.35. The van der Waals surface area contributed by atoms with Gasteiger partial charge in [0.15, 0.2) is 0 Å². The molecule has 0 aliphatic heterocycles. The summed E-state index contributed by atoms with van der Waals surface area (Å²) in [7, 11) is 0.